The van der Waals surface area contributed by atoms with Gasteiger partial charge in [-0.2, -0.15) is 0 Å². The normalized spacial score (nSPS) is 12.1. The van der Waals surface area contributed by atoms with Crippen LogP contribution < -0.4 is 0 Å². The van der Waals surface area contributed by atoms with E-state index < -0.39 is 0 Å². The summed E-state index contributed by atoms with van der Waals surface area (Å²) in [5, 5.41) is 27.1. The largest absolute Gasteiger partial charge is 0.436 e. The minimum Gasteiger partial charge on any atom is -0.436 e. The molecule has 0 bridgehead atoms. The molecule has 0 unspecified atom stereocenters. The molecule has 20 aromatic carbocycles. The maximum atomic E-state index is 5.99. The maximum Gasteiger partial charge on any atom is 0.227 e. The van der Waals surface area contributed by atoms with E-state index >= 15 is 0 Å². The maximum absolute atomic E-state index is 5.99. The van der Waals surface area contributed by atoms with Crippen LogP contribution in [0.3, 0.4) is 0 Å². The van der Waals surface area contributed by atoms with Crippen molar-refractivity contribution in [1.29, 1.82) is 0 Å². The third-order valence-electron chi connectivity index (χ3n) is 25.3. The van der Waals surface area contributed by atoms with Gasteiger partial charge in [-0.25, -0.2) is 24.9 Å². The van der Waals surface area contributed by atoms with Crippen LogP contribution in [-0.2, 0) is 0 Å². The molecule has 8 heterocycles. The van der Waals surface area contributed by atoms with Crippen LogP contribution in [0.15, 0.2) is 405 Å². The number of aromatic nitrogens is 8. The standard InChI is InChI=1S/C41H24N2.C36H21N3O.C36H21N3S/c1-2-10-28-25(9-1)17-21-34-36-24-27(19-22-38(36)43-39-16-8-7-15-37(39)42-41(43)40(28)34)26-18-20-33-31-13-4-3-11-29(31)30-12-5-6-14-32(30)35(33)23-26;2*1-2-8-26-23(7-1)17-19-27-28-21-25(18-20-31(28)39-32-11-5-3-9-29(32)37-35(39)34(26)27)22-13-15-24(16-14-22)36-38-30-10-4-6-12-33(30)40-36/h1-24H;2*1-21H. The van der Waals surface area contributed by atoms with Gasteiger partial charge in [0.15, 0.2) is 5.58 Å². The zero-order valence-corrected chi connectivity index (χ0v) is 66.8. The minimum atomic E-state index is 0.638. The lowest BCUT2D eigenvalue weighted by Crippen LogP contribution is -1.93. The molecule has 570 valence electrons. The predicted molar refractivity (Wildman–Crippen MR) is 516 cm³/mol. The fourth-order valence-corrected chi connectivity index (χ4v) is 20.6. The summed E-state index contributed by atoms with van der Waals surface area (Å²) in [6.07, 6.45) is 0. The molecule has 123 heavy (non-hydrogen) atoms. The van der Waals surface area contributed by atoms with Crippen LogP contribution in [-0.4, -0.2) is 38.1 Å². The van der Waals surface area contributed by atoms with E-state index in [1.54, 1.807) is 11.3 Å². The lowest BCUT2D eigenvalue weighted by Gasteiger charge is -2.14. The summed E-state index contributed by atoms with van der Waals surface area (Å²) in [4.78, 5) is 24.9. The van der Waals surface area contributed by atoms with E-state index in [0.29, 0.717) is 5.89 Å². The molecule has 0 saturated heterocycles. The molecular weight excluding hydrogens is 1520 g/mol. The highest BCUT2D eigenvalue weighted by Crippen LogP contribution is 2.45. The first kappa shape index (κ1) is 68.8. The lowest BCUT2D eigenvalue weighted by molar-refractivity contribution is 0.620. The molecular formula is C113H66N8OS. The first-order valence-electron chi connectivity index (χ1n) is 41.7. The van der Waals surface area contributed by atoms with Gasteiger partial charge in [0.05, 0.1) is 59.9 Å². The topological polar surface area (TPSA) is 90.8 Å². The van der Waals surface area contributed by atoms with Crippen LogP contribution in [0, 0.1) is 0 Å². The summed E-state index contributed by atoms with van der Waals surface area (Å²) in [7, 11) is 0. The number of imidazole rings is 3. The average Bonchev–Trinajstić information content (AvgIpc) is 1.56. The number of para-hydroxylation sites is 9. The summed E-state index contributed by atoms with van der Waals surface area (Å²) in [5.41, 5.74) is 24.9. The molecule has 0 atom stereocenters. The van der Waals surface area contributed by atoms with E-state index in [0.717, 1.165) is 99.4 Å². The monoisotopic (exact) mass is 1580 g/mol. The smallest absolute Gasteiger partial charge is 0.227 e. The van der Waals surface area contributed by atoms with E-state index in [4.69, 9.17) is 24.4 Å². The number of rotatable bonds is 5. The molecule has 10 heteroatoms. The highest BCUT2D eigenvalue weighted by atomic mass is 32.1. The van der Waals surface area contributed by atoms with Gasteiger partial charge in [-0.1, -0.05) is 285 Å². The summed E-state index contributed by atoms with van der Waals surface area (Å²) >= 11 is 1.74. The van der Waals surface area contributed by atoms with Crippen molar-refractivity contribution >= 4 is 212 Å². The second kappa shape index (κ2) is 27.1. The molecule has 0 saturated carbocycles. The Hall–Kier alpha value is -16.3. The SMILES string of the molecule is c1ccc2c(c1)ccc1c3cc(-c4ccc(-c5nc6ccccc6o5)cc4)ccc3n3c4ccccc4nc3c21.c1ccc2c(c1)ccc1c3cc(-c4ccc(-c5nc6ccccc6s5)cc4)ccc3n3c4ccccc4nc3c21.c1ccc2c(c1)ccc1c3cc(-c4ccc5c6ccccc6c6ccccc6c5c4)ccc3n3c4ccccc4nc3c21. The van der Waals surface area contributed by atoms with Crippen molar-refractivity contribution < 1.29 is 4.42 Å². The summed E-state index contributed by atoms with van der Waals surface area (Å²) in [5.74, 6) is 0.638. The molecule has 9 nitrogen and oxygen atoms in total. The van der Waals surface area contributed by atoms with Gasteiger partial charge in [0.2, 0.25) is 5.89 Å². The first-order chi connectivity index (χ1) is 61.0. The number of pyridine rings is 3. The van der Waals surface area contributed by atoms with Crippen LogP contribution in [0.25, 0.3) is 256 Å². The molecule has 28 rings (SSSR count). The van der Waals surface area contributed by atoms with Gasteiger partial charge >= 0.3 is 0 Å². The molecule has 8 aromatic heterocycles. The molecule has 28 aromatic rings. The molecule has 0 aliphatic heterocycles. The molecule has 0 fully saturated rings. The quantitative estimate of drug-likeness (QED) is 0.160. The third kappa shape index (κ3) is 10.8. The van der Waals surface area contributed by atoms with Crippen molar-refractivity contribution in [3.8, 4) is 55.4 Å². The molecule has 0 aliphatic rings. The Morgan fingerprint density at radius 3 is 0.951 bits per heavy atom. The van der Waals surface area contributed by atoms with Crippen LogP contribution in [0.5, 0.6) is 0 Å². The highest BCUT2D eigenvalue weighted by Gasteiger charge is 2.23. The van der Waals surface area contributed by atoms with Crippen molar-refractivity contribution in [1.82, 2.24) is 38.1 Å². The number of benzene rings is 20. The molecule has 0 aliphatic carbocycles. The van der Waals surface area contributed by atoms with Gasteiger partial charge in [0, 0.05) is 43.4 Å². The zero-order valence-electron chi connectivity index (χ0n) is 66.0. The number of hydrogen-bond donors (Lipinski definition) is 0. The van der Waals surface area contributed by atoms with E-state index in [1.165, 1.54) is 151 Å². The molecule has 0 N–H and O–H groups in total. The predicted octanol–water partition coefficient (Wildman–Crippen LogP) is 30.4. The van der Waals surface area contributed by atoms with Crippen molar-refractivity contribution in [2.24, 2.45) is 0 Å². The van der Waals surface area contributed by atoms with Crippen molar-refractivity contribution in [2.75, 3.05) is 0 Å². The number of hydrogen-bond acceptors (Lipinski definition) is 7. The Kier molecular flexibility index (Phi) is 15.2. The number of thiazole rings is 1. The number of nitrogens with zero attached hydrogens (tertiary/aromatic N) is 8. The van der Waals surface area contributed by atoms with Gasteiger partial charge in [-0.05, 0) is 229 Å². The second-order valence-electron chi connectivity index (χ2n) is 32.1. The van der Waals surface area contributed by atoms with Crippen LogP contribution in [0.2, 0.25) is 0 Å². The molecule has 0 amide bonds. The first-order valence-corrected chi connectivity index (χ1v) is 42.5. The van der Waals surface area contributed by atoms with Gasteiger partial charge in [0.1, 0.15) is 27.5 Å². The Labute approximate surface area is 705 Å². The van der Waals surface area contributed by atoms with Gasteiger partial charge in [-0.3, -0.25) is 13.2 Å². The Balaban J connectivity index is 0.0000000990. The van der Waals surface area contributed by atoms with Crippen molar-refractivity contribution in [2.45, 2.75) is 0 Å². The van der Waals surface area contributed by atoms with Crippen molar-refractivity contribution in [3.05, 3.63) is 400 Å². The average molecular weight is 1580 g/mol. The zero-order chi connectivity index (χ0) is 80.5. The fourth-order valence-electron chi connectivity index (χ4n) is 19.6. The van der Waals surface area contributed by atoms with E-state index in [2.05, 4.69) is 388 Å². The Bertz CT molecular complexity index is 8910. The van der Waals surface area contributed by atoms with Gasteiger partial charge < -0.3 is 4.42 Å². The Morgan fingerprint density at radius 1 is 0.195 bits per heavy atom. The van der Waals surface area contributed by atoms with E-state index in [-0.39, 0.29) is 0 Å². The molecule has 0 radical (unpaired) electrons. The van der Waals surface area contributed by atoms with E-state index in [9.17, 15) is 0 Å². The van der Waals surface area contributed by atoms with Crippen LogP contribution in [0.4, 0.5) is 0 Å². The Morgan fingerprint density at radius 2 is 0.512 bits per heavy atom. The van der Waals surface area contributed by atoms with Crippen molar-refractivity contribution in [3.63, 3.8) is 0 Å². The van der Waals surface area contributed by atoms with Crippen LogP contribution in [0.1, 0.15) is 0 Å². The minimum absolute atomic E-state index is 0.638. The van der Waals surface area contributed by atoms with Gasteiger partial charge in [0.25, 0.3) is 0 Å². The highest BCUT2D eigenvalue weighted by molar-refractivity contribution is 7.21. The van der Waals surface area contributed by atoms with Crippen LogP contribution >= 0.6 is 11.3 Å². The third-order valence-corrected chi connectivity index (χ3v) is 26.4. The summed E-state index contributed by atoms with van der Waals surface area (Å²) in [6.45, 7) is 0. The lowest BCUT2D eigenvalue weighted by atomic mass is 9.91. The molecule has 0 spiro atoms. The number of fused-ring (bicyclic) bond motifs is 38. The second-order valence-corrected chi connectivity index (χ2v) is 33.1. The summed E-state index contributed by atoms with van der Waals surface area (Å²) in [6, 6.07) is 143. The fraction of sp³-hybridized carbons (Fsp3) is 0. The summed E-state index contributed by atoms with van der Waals surface area (Å²) < 4.78 is 14.2. The van der Waals surface area contributed by atoms with Gasteiger partial charge in [-0.15, -0.1) is 11.3 Å². The number of oxazole rings is 1. The van der Waals surface area contributed by atoms with E-state index in [1.807, 2.05) is 30.3 Å².